The summed E-state index contributed by atoms with van der Waals surface area (Å²) in [5, 5.41) is 0. The van der Waals surface area contributed by atoms with Crippen LogP contribution in [-0.4, -0.2) is 0 Å². The van der Waals surface area contributed by atoms with E-state index in [1.807, 2.05) is 0 Å². The fourth-order valence-corrected chi connectivity index (χ4v) is 8.54. The predicted octanol–water partition coefficient (Wildman–Crippen LogP) is 15.3. The fourth-order valence-electron chi connectivity index (χ4n) is 8.54. The largest absolute Gasteiger partial charge is 0.205 e. The third-order valence-corrected chi connectivity index (χ3v) is 12.0. The number of pyridine rings is 2. The summed E-state index contributed by atoms with van der Waals surface area (Å²) in [6.45, 7) is 16.4. The molecule has 0 radical (unpaired) electrons. The highest BCUT2D eigenvalue weighted by Gasteiger charge is 2.19. The molecule has 298 valence electrons. The van der Waals surface area contributed by atoms with Gasteiger partial charge in [0, 0.05) is 36.1 Å². The number of nitrogens with zero attached hydrogens (tertiary/aromatic N) is 2. The van der Waals surface area contributed by atoms with E-state index in [9.17, 15) is 0 Å². The zero-order valence-corrected chi connectivity index (χ0v) is 36.1. The minimum atomic E-state index is 0.763. The van der Waals surface area contributed by atoms with Crippen molar-refractivity contribution < 1.29 is 9.13 Å². The zero-order chi connectivity index (χ0) is 37.5. The Hall–Kier alpha value is -1.70. The topological polar surface area (TPSA) is 7.76 Å². The van der Waals surface area contributed by atoms with Gasteiger partial charge in [0.15, 0.2) is 24.8 Å². The number of unbranched alkanes of at least 4 members (excludes halogenated alkanes) is 17. The van der Waals surface area contributed by atoms with Gasteiger partial charge < -0.3 is 0 Å². The highest BCUT2D eigenvalue weighted by Crippen LogP contribution is 2.32. The molecule has 0 aromatic carbocycles. The molecule has 0 aliphatic rings. The van der Waals surface area contributed by atoms with Gasteiger partial charge in [-0.2, -0.15) is 0 Å². The average molecular weight is 719 g/mol. The summed E-state index contributed by atoms with van der Waals surface area (Å²) in [7, 11) is 0. The van der Waals surface area contributed by atoms with Crippen molar-refractivity contribution in [3.63, 3.8) is 0 Å². The number of aryl methyl sites for hydroxylation is 4. The van der Waals surface area contributed by atoms with Crippen LogP contribution in [0.2, 0.25) is 0 Å². The van der Waals surface area contributed by atoms with Crippen LogP contribution in [0.5, 0.6) is 0 Å². The van der Waals surface area contributed by atoms with Crippen LogP contribution >= 0.6 is 0 Å². The van der Waals surface area contributed by atoms with Crippen LogP contribution in [0, 0.1) is 0 Å². The van der Waals surface area contributed by atoms with Crippen LogP contribution in [0.15, 0.2) is 36.9 Å². The third-order valence-electron chi connectivity index (χ3n) is 12.0. The lowest BCUT2D eigenvalue weighted by Crippen LogP contribution is -2.34. The second kappa shape index (κ2) is 31.6. The minimum absolute atomic E-state index is 0.763. The van der Waals surface area contributed by atoms with E-state index in [1.54, 1.807) is 22.3 Å². The number of hydrogen-bond donors (Lipinski definition) is 0. The molecule has 0 unspecified atom stereocenters. The van der Waals surface area contributed by atoms with E-state index in [0.717, 1.165) is 11.8 Å². The van der Waals surface area contributed by atoms with Crippen molar-refractivity contribution in [2.24, 2.45) is 0 Å². The predicted molar refractivity (Wildman–Crippen MR) is 229 cm³/mol. The third kappa shape index (κ3) is 20.1. The van der Waals surface area contributed by atoms with Gasteiger partial charge in [-0.15, -0.1) is 0 Å². The first-order chi connectivity index (χ1) is 25.6. The normalized spacial score (nSPS) is 11.8. The Kier molecular flexibility index (Phi) is 28.3. The Morgan fingerprint density at radius 1 is 0.365 bits per heavy atom. The average Bonchev–Trinajstić information content (AvgIpc) is 3.16. The van der Waals surface area contributed by atoms with Crippen LogP contribution in [0.3, 0.4) is 0 Å². The van der Waals surface area contributed by atoms with Crippen molar-refractivity contribution in [2.75, 3.05) is 0 Å². The molecule has 2 heterocycles. The molecular formula is C50H90N2+2. The van der Waals surface area contributed by atoms with Crippen LogP contribution < -0.4 is 9.13 Å². The van der Waals surface area contributed by atoms with E-state index < -0.39 is 0 Å². The molecule has 2 aromatic rings. The number of rotatable bonds is 35. The first-order valence-corrected chi connectivity index (χ1v) is 23.6. The summed E-state index contributed by atoms with van der Waals surface area (Å²) in [6, 6.07) is 5.05. The number of aromatic nitrogens is 2. The van der Waals surface area contributed by atoms with Gasteiger partial charge in [-0.1, -0.05) is 157 Å². The van der Waals surface area contributed by atoms with Gasteiger partial charge in [0.25, 0.3) is 0 Å². The molecular weight excluding hydrogens is 629 g/mol. The Bertz CT molecular complexity index is 1000. The van der Waals surface area contributed by atoms with Crippen molar-refractivity contribution in [1.29, 1.82) is 0 Å². The molecule has 0 N–H and O–H groups in total. The first-order valence-electron chi connectivity index (χ1n) is 23.6. The second-order valence-corrected chi connectivity index (χ2v) is 16.7. The highest BCUT2D eigenvalue weighted by atomic mass is 14.9. The molecule has 0 saturated carbocycles. The van der Waals surface area contributed by atoms with E-state index in [4.69, 9.17) is 0 Å². The van der Waals surface area contributed by atoms with E-state index >= 15 is 0 Å². The van der Waals surface area contributed by atoms with Gasteiger partial charge in [0.2, 0.25) is 0 Å². The van der Waals surface area contributed by atoms with E-state index in [0.29, 0.717) is 0 Å². The zero-order valence-electron chi connectivity index (χ0n) is 36.1. The van der Waals surface area contributed by atoms with Crippen LogP contribution in [0.1, 0.15) is 255 Å². The van der Waals surface area contributed by atoms with Crippen molar-refractivity contribution in [3.05, 3.63) is 59.2 Å². The lowest BCUT2D eigenvalue weighted by molar-refractivity contribution is -0.698. The summed E-state index contributed by atoms with van der Waals surface area (Å²) < 4.78 is 5.05. The van der Waals surface area contributed by atoms with Gasteiger partial charge in [-0.3, -0.25) is 0 Å². The maximum Gasteiger partial charge on any atom is 0.172 e. The Morgan fingerprint density at radius 3 is 0.981 bits per heavy atom. The summed E-state index contributed by atoms with van der Waals surface area (Å²) in [5.74, 6) is 1.53. The van der Waals surface area contributed by atoms with Gasteiger partial charge in [-0.25, -0.2) is 9.13 Å². The van der Waals surface area contributed by atoms with Gasteiger partial charge in [-0.05, 0) is 87.2 Å². The standard InChI is InChI=1S/C50H90N2/c1-7-13-27-35-47-43-51(41-37-49(47)45(31-15-9-3)32-16-10-4)39-29-25-23-21-19-20-22-24-26-30-40-52-42-38-50(48(44-52)36-28-14-8-2)46(33-17-11-5)34-18-12-6/h37-38,41-46H,7-36,39-40H2,1-6H3/q+2. The first kappa shape index (κ1) is 46.5. The van der Waals surface area contributed by atoms with Gasteiger partial charge >= 0.3 is 0 Å². The van der Waals surface area contributed by atoms with Crippen molar-refractivity contribution >= 4 is 0 Å². The quantitative estimate of drug-likeness (QED) is 0.0495. The van der Waals surface area contributed by atoms with E-state index in [-0.39, 0.29) is 0 Å². The maximum absolute atomic E-state index is 2.55. The summed E-state index contributed by atoms with van der Waals surface area (Å²) >= 11 is 0. The Morgan fingerprint density at radius 2 is 0.673 bits per heavy atom. The van der Waals surface area contributed by atoms with Crippen LogP contribution in [0.25, 0.3) is 0 Å². The van der Waals surface area contributed by atoms with Crippen LogP contribution in [0.4, 0.5) is 0 Å². The van der Waals surface area contributed by atoms with E-state index in [1.165, 1.54) is 206 Å². The SMILES string of the molecule is CCCCCc1c[n+](CCCCCCCCCCCC[n+]2ccc(C(CCCC)CCCC)c(CCCCC)c2)ccc1C(CCCC)CCCC. The molecule has 0 aliphatic heterocycles. The Labute approximate surface area is 326 Å². The molecule has 0 aliphatic carbocycles. The summed E-state index contributed by atoms with van der Waals surface area (Å²) in [6.07, 6.45) is 50.6. The molecule has 0 saturated heterocycles. The fraction of sp³-hybridized carbons (Fsp3) is 0.800. The second-order valence-electron chi connectivity index (χ2n) is 16.7. The van der Waals surface area contributed by atoms with Crippen molar-refractivity contribution in [2.45, 2.75) is 259 Å². The van der Waals surface area contributed by atoms with Gasteiger partial charge in [0.05, 0.1) is 0 Å². The molecule has 0 atom stereocenters. The monoisotopic (exact) mass is 719 g/mol. The van der Waals surface area contributed by atoms with E-state index in [2.05, 4.69) is 87.6 Å². The van der Waals surface area contributed by atoms with Crippen molar-refractivity contribution in [1.82, 2.24) is 0 Å². The summed E-state index contributed by atoms with van der Waals surface area (Å²) in [4.78, 5) is 0. The number of hydrogen-bond acceptors (Lipinski definition) is 0. The molecule has 0 amide bonds. The molecule has 0 spiro atoms. The molecule has 2 rings (SSSR count). The molecule has 2 heteroatoms. The van der Waals surface area contributed by atoms with Gasteiger partial charge in [0.1, 0.15) is 13.1 Å². The Balaban J connectivity index is 1.70. The van der Waals surface area contributed by atoms with Crippen LogP contribution in [-0.2, 0) is 25.9 Å². The minimum Gasteiger partial charge on any atom is -0.205 e. The molecule has 0 fully saturated rings. The lowest BCUT2D eigenvalue weighted by Gasteiger charge is -2.20. The lowest BCUT2D eigenvalue weighted by atomic mass is 9.85. The molecule has 2 aromatic heterocycles. The molecule has 0 bridgehead atoms. The molecule has 2 nitrogen and oxygen atoms in total. The smallest absolute Gasteiger partial charge is 0.172 e. The summed E-state index contributed by atoms with van der Waals surface area (Å²) in [5.41, 5.74) is 6.68. The van der Waals surface area contributed by atoms with Crippen molar-refractivity contribution in [3.8, 4) is 0 Å². The maximum atomic E-state index is 2.55. The molecule has 52 heavy (non-hydrogen) atoms. The highest BCUT2D eigenvalue weighted by molar-refractivity contribution is 5.27.